The fraction of sp³-hybridized carbons (Fsp3) is 0.533. The molecule has 0 saturated carbocycles. The number of carbonyl (C=O) groups excluding carboxylic acids is 1. The third-order valence-electron chi connectivity index (χ3n) is 1.88. The second-order valence-electron chi connectivity index (χ2n) is 3.33. The first-order valence-electron chi connectivity index (χ1n) is 6.59. The Bertz CT molecular complexity index is 268. The van der Waals surface area contributed by atoms with Crippen molar-refractivity contribution in [1.82, 2.24) is 5.32 Å². The van der Waals surface area contributed by atoms with Crippen LogP contribution in [0.5, 0.6) is 0 Å². The second-order valence-corrected chi connectivity index (χ2v) is 3.33. The molecule has 3 nitrogen and oxygen atoms in total. The standard InChI is InChI=1S/C13H21NO2.C2H6/c1-4-7-10-14-13(15)16-11-12(8-5-2)9-6-3;1-2/h5-6,8-9H,2,4,7,10-11H2,1,3H3,(H,14,15);1-2H3/b9-6-,12-8+;. The minimum Gasteiger partial charge on any atom is -0.445 e. The highest BCUT2D eigenvalue weighted by Crippen LogP contribution is 1.99. The zero-order valence-electron chi connectivity index (χ0n) is 12.2. The van der Waals surface area contributed by atoms with Gasteiger partial charge in [-0.25, -0.2) is 4.79 Å². The van der Waals surface area contributed by atoms with Gasteiger partial charge in [0.05, 0.1) is 0 Å². The first kappa shape index (κ1) is 18.8. The molecule has 104 valence electrons. The van der Waals surface area contributed by atoms with E-state index in [1.54, 1.807) is 6.08 Å². The summed E-state index contributed by atoms with van der Waals surface area (Å²) in [7, 11) is 0. The maximum Gasteiger partial charge on any atom is 0.407 e. The van der Waals surface area contributed by atoms with Crippen molar-refractivity contribution in [3.05, 3.63) is 36.5 Å². The summed E-state index contributed by atoms with van der Waals surface area (Å²) in [4.78, 5) is 11.2. The molecule has 1 N–H and O–H groups in total. The molecule has 0 rings (SSSR count). The summed E-state index contributed by atoms with van der Waals surface area (Å²) in [6.07, 6.45) is 8.94. The molecule has 0 spiro atoms. The first-order chi connectivity index (χ1) is 8.74. The zero-order chi connectivity index (χ0) is 14.2. The van der Waals surface area contributed by atoms with E-state index in [0.717, 1.165) is 18.4 Å². The summed E-state index contributed by atoms with van der Waals surface area (Å²) >= 11 is 0. The largest absolute Gasteiger partial charge is 0.445 e. The van der Waals surface area contributed by atoms with Gasteiger partial charge in [0.1, 0.15) is 6.61 Å². The number of amides is 1. The predicted octanol–water partition coefficient (Wildman–Crippen LogP) is 4.23. The van der Waals surface area contributed by atoms with Crippen LogP contribution in [0.4, 0.5) is 4.79 Å². The van der Waals surface area contributed by atoms with Gasteiger partial charge in [0.15, 0.2) is 0 Å². The van der Waals surface area contributed by atoms with Gasteiger partial charge >= 0.3 is 6.09 Å². The SMILES string of the molecule is C=C/C=C(\C=C/C)COC(=O)NCCCC.CC. The van der Waals surface area contributed by atoms with Crippen molar-refractivity contribution in [2.75, 3.05) is 13.2 Å². The van der Waals surface area contributed by atoms with Crippen LogP contribution < -0.4 is 5.32 Å². The Balaban J connectivity index is 0. The zero-order valence-corrected chi connectivity index (χ0v) is 12.2. The van der Waals surface area contributed by atoms with Crippen LogP contribution in [0.3, 0.4) is 0 Å². The lowest BCUT2D eigenvalue weighted by molar-refractivity contribution is 0.156. The molecule has 0 bridgehead atoms. The van der Waals surface area contributed by atoms with Gasteiger partial charge in [0.25, 0.3) is 0 Å². The Hall–Kier alpha value is -1.51. The predicted molar refractivity (Wildman–Crippen MR) is 78.7 cm³/mol. The molecule has 0 aliphatic rings. The average molecular weight is 253 g/mol. The number of allylic oxidation sites excluding steroid dienone is 3. The van der Waals surface area contributed by atoms with Gasteiger partial charge in [-0.1, -0.05) is 58.1 Å². The molecule has 0 saturated heterocycles. The summed E-state index contributed by atoms with van der Waals surface area (Å²) in [6.45, 7) is 12.5. The van der Waals surface area contributed by atoms with E-state index in [1.165, 1.54) is 0 Å². The van der Waals surface area contributed by atoms with Crippen LogP contribution in [0, 0.1) is 0 Å². The fourth-order valence-corrected chi connectivity index (χ4v) is 1.08. The van der Waals surface area contributed by atoms with Gasteiger partial charge in [-0.2, -0.15) is 0 Å². The molecule has 0 atom stereocenters. The van der Waals surface area contributed by atoms with Crippen molar-refractivity contribution in [2.24, 2.45) is 0 Å². The van der Waals surface area contributed by atoms with Gasteiger partial charge in [0, 0.05) is 6.54 Å². The highest BCUT2D eigenvalue weighted by atomic mass is 16.5. The van der Waals surface area contributed by atoms with Crippen molar-refractivity contribution in [3.8, 4) is 0 Å². The Kier molecular flexibility index (Phi) is 16.2. The van der Waals surface area contributed by atoms with Gasteiger partial charge < -0.3 is 10.1 Å². The van der Waals surface area contributed by atoms with E-state index in [-0.39, 0.29) is 12.7 Å². The van der Waals surface area contributed by atoms with Crippen LogP contribution in [0.15, 0.2) is 36.5 Å². The normalized spacial score (nSPS) is 10.6. The van der Waals surface area contributed by atoms with E-state index in [1.807, 2.05) is 39.0 Å². The van der Waals surface area contributed by atoms with Crippen molar-refractivity contribution in [3.63, 3.8) is 0 Å². The number of unbranched alkanes of at least 4 members (excludes halogenated alkanes) is 1. The number of carbonyl (C=O) groups is 1. The van der Waals surface area contributed by atoms with E-state index in [0.29, 0.717) is 6.54 Å². The average Bonchev–Trinajstić information content (AvgIpc) is 2.39. The molecule has 0 heterocycles. The molecule has 18 heavy (non-hydrogen) atoms. The van der Waals surface area contributed by atoms with Crippen LogP contribution in [-0.4, -0.2) is 19.2 Å². The monoisotopic (exact) mass is 253 g/mol. The molecule has 0 radical (unpaired) electrons. The molecule has 0 aromatic rings. The third-order valence-corrected chi connectivity index (χ3v) is 1.88. The molecule has 3 heteroatoms. The van der Waals surface area contributed by atoms with Crippen LogP contribution in [0.2, 0.25) is 0 Å². The third kappa shape index (κ3) is 12.6. The lowest BCUT2D eigenvalue weighted by atomic mass is 10.2. The lowest BCUT2D eigenvalue weighted by Crippen LogP contribution is -2.25. The van der Waals surface area contributed by atoms with E-state index in [9.17, 15) is 4.79 Å². The van der Waals surface area contributed by atoms with Crippen LogP contribution in [0.1, 0.15) is 40.5 Å². The molecule has 1 amide bonds. The number of alkyl carbamates (subject to hydrolysis) is 1. The van der Waals surface area contributed by atoms with Crippen molar-refractivity contribution >= 4 is 6.09 Å². The lowest BCUT2D eigenvalue weighted by Gasteiger charge is -2.06. The number of rotatable bonds is 7. The van der Waals surface area contributed by atoms with Gasteiger partial charge in [0.2, 0.25) is 0 Å². The van der Waals surface area contributed by atoms with Crippen molar-refractivity contribution in [1.29, 1.82) is 0 Å². The van der Waals surface area contributed by atoms with Crippen LogP contribution >= 0.6 is 0 Å². The summed E-state index contributed by atoms with van der Waals surface area (Å²) in [6, 6.07) is 0. The van der Waals surface area contributed by atoms with E-state index < -0.39 is 0 Å². The Labute approximate surface area is 112 Å². The molecule has 0 aromatic heterocycles. The first-order valence-corrected chi connectivity index (χ1v) is 6.59. The molecular weight excluding hydrogens is 226 g/mol. The molecule has 0 aliphatic heterocycles. The Morgan fingerprint density at radius 2 is 2.06 bits per heavy atom. The van der Waals surface area contributed by atoms with Gasteiger partial charge in [-0.3, -0.25) is 0 Å². The highest BCUT2D eigenvalue weighted by Gasteiger charge is 2.00. The topological polar surface area (TPSA) is 38.3 Å². The maximum atomic E-state index is 11.2. The Morgan fingerprint density at radius 3 is 2.56 bits per heavy atom. The van der Waals surface area contributed by atoms with E-state index in [4.69, 9.17) is 4.74 Å². The number of hydrogen-bond acceptors (Lipinski definition) is 2. The van der Waals surface area contributed by atoms with Crippen LogP contribution in [-0.2, 0) is 4.74 Å². The second kappa shape index (κ2) is 15.5. The number of hydrogen-bond donors (Lipinski definition) is 1. The summed E-state index contributed by atoms with van der Waals surface area (Å²) < 4.78 is 5.04. The van der Waals surface area contributed by atoms with E-state index >= 15 is 0 Å². The highest BCUT2D eigenvalue weighted by molar-refractivity contribution is 5.67. The molecule has 0 aliphatic carbocycles. The minimum absolute atomic E-state index is 0.272. The quantitative estimate of drug-likeness (QED) is 0.544. The maximum absolute atomic E-state index is 11.2. The fourth-order valence-electron chi connectivity index (χ4n) is 1.08. The van der Waals surface area contributed by atoms with Gasteiger partial charge in [-0.05, 0) is 18.9 Å². The summed E-state index contributed by atoms with van der Waals surface area (Å²) in [5, 5.41) is 2.68. The molecule has 0 aromatic carbocycles. The van der Waals surface area contributed by atoms with Crippen LogP contribution in [0.25, 0.3) is 0 Å². The van der Waals surface area contributed by atoms with Crippen molar-refractivity contribution in [2.45, 2.75) is 40.5 Å². The smallest absolute Gasteiger partial charge is 0.407 e. The number of nitrogens with one attached hydrogen (secondary N) is 1. The molecule has 0 unspecified atom stereocenters. The van der Waals surface area contributed by atoms with Crippen molar-refractivity contribution < 1.29 is 9.53 Å². The number of ether oxygens (including phenoxy) is 1. The molecule has 0 fully saturated rings. The summed E-state index contributed by atoms with van der Waals surface area (Å²) in [5.74, 6) is 0. The Morgan fingerprint density at radius 1 is 1.39 bits per heavy atom. The van der Waals surface area contributed by atoms with E-state index in [2.05, 4.69) is 18.8 Å². The summed E-state index contributed by atoms with van der Waals surface area (Å²) in [5.41, 5.74) is 0.920. The minimum atomic E-state index is -0.368. The molecular formula is C15H27NO2. The van der Waals surface area contributed by atoms with Gasteiger partial charge in [-0.15, -0.1) is 0 Å².